The molecule has 0 bridgehead atoms. The lowest BCUT2D eigenvalue weighted by Crippen LogP contribution is -2.23. The van der Waals surface area contributed by atoms with E-state index in [-0.39, 0.29) is 5.69 Å². The first kappa shape index (κ1) is 15.8. The second kappa shape index (κ2) is 5.66. The third kappa shape index (κ3) is 3.20. The van der Waals surface area contributed by atoms with Crippen LogP contribution >= 0.6 is 15.9 Å². The van der Waals surface area contributed by atoms with Gasteiger partial charge in [-0.05, 0) is 35.0 Å². The van der Waals surface area contributed by atoms with E-state index in [1.807, 2.05) is 6.07 Å². The monoisotopic (exact) mass is 375 g/mol. The second-order valence-electron chi connectivity index (χ2n) is 4.46. The summed E-state index contributed by atoms with van der Waals surface area (Å²) in [6.07, 6.45) is 0. The highest BCUT2D eigenvalue weighted by Crippen LogP contribution is 2.21. The highest BCUT2D eigenvalue weighted by atomic mass is 79.9. The van der Waals surface area contributed by atoms with Crippen LogP contribution in [0, 0.1) is 6.92 Å². The average Bonchev–Trinajstić information content (AvgIpc) is 2.59. The van der Waals surface area contributed by atoms with Gasteiger partial charge in [-0.25, -0.2) is 4.68 Å². The summed E-state index contributed by atoms with van der Waals surface area (Å²) in [4.78, 5) is 12.5. The minimum atomic E-state index is -4.21. The third-order valence-electron chi connectivity index (χ3n) is 3.07. The molecule has 2 rings (SSSR count). The van der Waals surface area contributed by atoms with Gasteiger partial charge in [0.2, 0.25) is 0 Å². The highest BCUT2D eigenvalue weighted by Gasteiger charge is 2.18. The van der Waals surface area contributed by atoms with Crippen LogP contribution in [0.5, 0.6) is 0 Å². The zero-order valence-corrected chi connectivity index (χ0v) is 13.8. The van der Waals surface area contributed by atoms with Crippen molar-refractivity contribution in [1.29, 1.82) is 0 Å². The number of halogens is 1. The maximum atomic E-state index is 12.5. The molecule has 0 amide bonds. The van der Waals surface area contributed by atoms with Crippen molar-refractivity contribution in [1.82, 2.24) is 9.36 Å². The minimum absolute atomic E-state index is 0.130. The van der Waals surface area contributed by atoms with Crippen molar-refractivity contribution in [2.75, 3.05) is 11.2 Å². The van der Waals surface area contributed by atoms with E-state index in [0.717, 1.165) is 4.47 Å². The Bertz CT molecular complexity index is 839. The average molecular weight is 376 g/mol. The topological polar surface area (TPSA) is 93.3 Å². The van der Waals surface area contributed by atoms with Gasteiger partial charge in [-0.2, -0.15) is 8.42 Å². The van der Waals surface area contributed by atoms with Crippen molar-refractivity contribution in [3.05, 3.63) is 44.8 Å². The van der Waals surface area contributed by atoms with Crippen molar-refractivity contribution in [3.63, 3.8) is 0 Å². The molecular formula is C12H14BrN3O4S. The van der Waals surface area contributed by atoms with E-state index in [1.165, 1.54) is 4.68 Å². The summed E-state index contributed by atoms with van der Waals surface area (Å²) in [6, 6.07) is 7.18. The third-order valence-corrected chi connectivity index (χ3v) is 4.25. The van der Waals surface area contributed by atoms with Crippen LogP contribution < -0.4 is 10.9 Å². The van der Waals surface area contributed by atoms with E-state index in [9.17, 15) is 13.2 Å². The van der Waals surface area contributed by atoms with Gasteiger partial charge in [0.15, 0.2) is 0 Å². The summed E-state index contributed by atoms with van der Waals surface area (Å²) >= 11 is 3.38. The summed E-state index contributed by atoms with van der Waals surface area (Å²) in [5, 5.41) is 2.46. The molecule has 0 saturated heterocycles. The molecule has 0 aliphatic carbocycles. The van der Waals surface area contributed by atoms with Gasteiger partial charge >= 0.3 is 0 Å². The van der Waals surface area contributed by atoms with E-state index in [2.05, 4.69) is 21.2 Å². The molecular weight excluding hydrogens is 362 g/mol. The molecule has 0 fully saturated rings. The molecule has 0 atom stereocenters. The molecule has 1 heterocycles. The van der Waals surface area contributed by atoms with E-state index < -0.39 is 21.6 Å². The van der Waals surface area contributed by atoms with Crippen molar-refractivity contribution in [2.24, 2.45) is 7.05 Å². The van der Waals surface area contributed by atoms with Crippen molar-refractivity contribution >= 4 is 31.7 Å². The first-order valence-corrected chi connectivity index (χ1v) is 8.35. The molecule has 0 spiro atoms. The van der Waals surface area contributed by atoms with Crippen molar-refractivity contribution in [3.8, 4) is 5.69 Å². The van der Waals surface area contributed by atoms with Gasteiger partial charge in [-0.1, -0.05) is 12.1 Å². The molecule has 0 radical (unpaired) electrons. The standard InChI is InChI=1S/C12H14BrN3O4S/c1-8-11(14-7-21(18,19)20)12(17)16(15(8)2)10-6-4-3-5-9(10)13/h3-6,14H,7H2,1-2H3,(H,18,19,20). The van der Waals surface area contributed by atoms with E-state index >= 15 is 0 Å². The molecule has 0 aliphatic heterocycles. The fourth-order valence-corrected chi connectivity index (χ4v) is 2.75. The maximum Gasteiger partial charge on any atom is 0.295 e. The van der Waals surface area contributed by atoms with Crippen LogP contribution in [0.4, 0.5) is 5.69 Å². The first-order chi connectivity index (χ1) is 9.72. The Kier molecular flexibility index (Phi) is 4.26. The Morgan fingerprint density at radius 1 is 1.33 bits per heavy atom. The Hall–Kier alpha value is -1.58. The Labute approximate surface area is 130 Å². The lowest BCUT2D eigenvalue weighted by molar-refractivity contribution is 0.485. The number of hydrogen-bond acceptors (Lipinski definition) is 4. The number of nitrogens with zero attached hydrogens (tertiary/aromatic N) is 2. The van der Waals surface area contributed by atoms with Crippen LogP contribution in [-0.4, -0.2) is 28.2 Å². The fraction of sp³-hybridized carbons (Fsp3) is 0.250. The predicted octanol–water partition coefficient (Wildman–Crippen LogP) is 1.50. The molecule has 1 aromatic carbocycles. The van der Waals surface area contributed by atoms with Gasteiger partial charge < -0.3 is 5.32 Å². The lowest BCUT2D eigenvalue weighted by atomic mass is 10.3. The number of anilines is 1. The van der Waals surface area contributed by atoms with Crippen LogP contribution in [0.3, 0.4) is 0 Å². The SMILES string of the molecule is Cc1c(NCS(=O)(=O)O)c(=O)n(-c2ccccc2Br)n1C. The Balaban J connectivity index is 2.56. The second-order valence-corrected chi connectivity index (χ2v) is 6.76. The van der Waals surface area contributed by atoms with Crippen molar-refractivity contribution < 1.29 is 13.0 Å². The summed E-state index contributed by atoms with van der Waals surface area (Å²) in [5.74, 6) is -0.719. The largest absolute Gasteiger partial charge is 0.364 e. The van der Waals surface area contributed by atoms with Crippen molar-refractivity contribution in [2.45, 2.75) is 6.92 Å². The van der Waals surface area contributed by atoms with E-state index in [1.54, 1.807) is 36.9 Å². The predicted molar refractivity (Wildman–Crippen MR) is 83.5 cm³/mol. The Morgan fingerprint density at radius 2 is 1.95 bits per heavy atom. The highest BCUT2D eigenvalue weighted by molar-refractivity contribution is 9.10. The van der Waals surface area contributed by atoms with Gasteiger partial charge in [0, 0.05) is 11.5 Å². The fourth-order valence-electron chi connectivity index (χ4n) is 1.97. The quantitative estimate of drug-likeness (QED) is 0.789. The molecule has 21 heavy (non-hydrogen) atoms. The number of nitrogens with one attached hydrogen (secondary N) is 1. The number of benzene rings is 1. The van der Waals surface area contributed by atoms with Gasteiger partial charge in [-0.3, -0.25) is 14.0 Å². The molecule has 114 valence electrons. The normalized spacial score (nSPS) is 11.6. The first-order valence-electron chi connectivity index (χ1n) is 5.95. The summed E-state index contributed by atoms with van der Waals surface area (Å²) in [5.41, 5.74) is 0.920. The summed E-state index contributed by atoms with van der Waals surface area (Å²) in [6.45, 7) is 1.68. The Morgan fingerprint density at radius 3 is 2.52 bits per heavy atom. The number of rotatable bonds is 4. The summed E-state index contributed by atoms with van der Waals surface area (Å²) in [7, 11) is -2.52. The molecule has 0 aliphatic rings. The van der Waals surface area contributed by atoms with Gasteiger partial charge in [-0.15, -0.1) is 0 Å². The maximum absolute atomic E-state index is 12.5. The van der Waals surface area contributed by atoms with Crippen LogP contribution in [0.2, 0.25) is 0 Å². The zero-order valence-electron chi connectivity index (χ0n) is 11.4. The minimum Gasteiger partial charge on any atom is -0.364 e. The lowest BCUT2D eigenvalue weighted by Gasteiger charge is -2.09. The van der Waals surface area contributed by atoms with Gasteiger partial charge in [0.25, 0.3) is 15.7 Å². The zero-order chi connectivity index (χ0) is 15.8. The van der Waals surface area contributed by atoms with Crippen LogP contribution in [-0.2, 0) is 17.2 Å². The number of para-hydroxylation sites is 1. The molecule has 1 aromatic heterocycles. The molecule has 2 N–H and O–H groups in total. The smallest absolute Gasteiger partial charge is 0.295 e. The van der Waals surface area contributed by atoms with Crippen LogP contribution in [0.15, 0.2) is 33.5 Å². The molecule has 0 saturated carbocycles. The van der Waals surface area contributed by atoms with E-state index in [0.29, 0.717) is 11.4 Å². The number of aromatic nitrogens is 2. The van der Waals surface area contributed by atoms with Crippen LogP contribution in [0.25, 0.3) is 5.69 Å². The molecule has 0 unspecified atom stereocenters. The molecule has 7 nitrogen and oxygen atoms in total. The van der Waals surface area contributed by atoms with Gasteiger partial charge in [0.1, 0.15) is 11.6 Å². The number of hydrogen-bond donors (Lipinski definition) is 2. The molecule has 9 heteroatoms. The van der Waals surface area contributed by atoms with Crippen LogP contribution in [0.1, 0.15) is 5.69 Å². The van der Waals surface area contributed by atoms with E-state index in [4.69, 9.17) is 4.55 Å². The summed E-state index contributed by atoms with van der Waals surface area (Å²) < 4.78 is 34.2. The van der Waals surface area contributed by atoms with Gasteiger partial charge in [0.05, 0.1) is 11.4 Å². The molecule has 2 aromatic rings.